The maximum absolute atomic E-state index is 11.3. The summed E-state index contributed by atoms with van der Waals surface area (Å²) in [7, 11) is 0. The number of rotatable bonds is 7. The average Bonchev–Trinajstić information content (AvgIpc) is 3.55. The van der Waals surface area contributed by atoms with E-state index >= 15 is 0 Å². The van der Waals surface area contributed by atoms with Crippen LogP contribution in [0.1, 0.15) is 40.5 Å². The molecule has 3 aromatic heterocycles. The second-order valence-electron chi connectivity index (χ2n) is 9.05. The van der Waals surface area contributed by atoms with Gasteiger partial charge in [-0.3, -0.25) is 0 Å². The SMILES string of the molecule is CCc1cc(O)ccc1/N=C(\N)c1cnn2cc(-c3cnc(C(=O)O)cc3C)cc2c1N[C@H]1CCOC1. The fourth-order valence-corrected chi connectivity index (χ4v) is 4.53. The number of amidine groups is 1. The highest BCUT2D eigenvalue weighted by molar-refractivity contribution is 6.06. The number of aryl methyl sites for hydroxylation is 2. The number of benzene rings is 1. The molecule has 4 heterocycles. The molecule has 0 bridgehead atoms. The van der Waals surface area contributed by atoms with Crippen LogP contribution in [-0.4, -0.2) is 55.9 Å². The molecule has 0 amide bonds. The van der Waals surface area contributed by atoms with Gasteiger partial charge >= 0.3 is 5.97 Å². The van der Waals surface area contributed by atoms with Gasteiger partial charge in [-0.15, -0.1) is 0 Å². The molecular weight excluding hydrogens is 472 g/mol. The fourth-order valence-electron chi connectivity index (χ4n) is 4.53. The minimum atomic E-state index is -1.07. The Kier molecular flexibility index (Phi) is 6.49. The second-order valence-corrected chi connectivity index (χ2v) is 9.05. The number of hydrogen-bond acceptors (Lipinski definition) is 7. The molecule has 0 saturated carbocycles. The maximum Gasteiger partial charge on any atom is 0.354 e. The Morgan fingerprint density at radius 1 is 1.30 bits per heavy atom. The number of carbonyl (C=O) groups is 1. The number of nitrogens with one attached hydrogen (secondary N) is 1. The van der Waals surface area contributed by atoms with Gasteiger partial charge in [0.1, 0.15) is 17.3 Å². The van der Waals surface area contributed by atoms with Crippen LogP contribution >= 0.6 is 0 Å². The smallest absolute Gasteiger partial charge is 0.354 e. The monoisotopic (exact) mass is 500 g/mol. The molecule has 0 radical (unpaired) electrons. The summed E-state index contributed by atoms with van der Waals surface area (Å²) < 4.78 is 7.33. The van der Waals surface area contributed by atoms with Crippen molar-refractivity contribution in [3.05, 3.63) is 71.3 Å². The first-order chi connectivity index (χ1) is 17.8. The third-order valence-electron chi connectivity index (χ3n) is 6.52. The number of carboxylic acids is 1. The minimum absolute atomic E-state index is 0.00122. The number of aromatic nitrogens is 3. The minimum Gasteiger partial charge on any atom is -0.508 e. The first kappa shape index (κ1) is 24.3. The van der Waals surface area contributed by atoms with Gasteiger partial charge in [0.25, 0.3) is 0 Å². The molecule has 10 heteroatoms. The first-order valence-corrected chi connectivity index (χ1v) is 12.1. The molecule has 37 heavy (non-hydrogen) atoms. The van der Waals surface area contributed by atoms with Gasteiger partial charge in [-0.05, 0) is 61.2 Å². The van der Waals surface area contributed by atoms with Gasteiger partial charge in [0.15, 0.2) is 0 Å². The Bertz CT molecular complexity index is 1520. The predicted molar refractivity (Wildman–Crippen MR) is 141 cm³/mol. The number of aromatic carboxylic acids is 1. The van der Waals surface area contributed by atoms with Gasteiger partial charge in [0, 0.05) is 30.1 Å². The van der Waals surface area contributed by atoms with Crippen LogP contribution in [0.25, 0.3) is 16.6 Å². The van der Waals surface area contributed by atoms with Crippen molar-refractivity contribution >= 4 is 28.7 Å². The number of fused-ring (bicyclic) bond motifs is 1. The van der Waals surface area contributed by atoms with E-state index in [0.29, 0.717) is 36.7 Å². The largest absolute Gasteiger partial charge is 0.508 e. The Morgan fingerprint density at radius 3 is 2.84 bits per heavy atom. The molecule has 4 aromatic rings. The number of phenolic OH excluding ortho intramolecular Hbond substituents is 1. The van der Waals surface area contributed by atoms with E-state index in [4.69, 9.17) is 10.5 Å². The van der Waals surface area contributed by atoms with Crippen molar-refractivity contribution < 1.29 is 19.7 Å². The standard InChI is InChI=1S/C27H28N6O4/c1-3-16-9-19(34)4-5-22(16)32-26(28)21-12-30-33-13-17(20-11-29-23(27(35)36)8-15(20)2)10-24(33)25(21)31-18-6-7-37-14-18/h4-5,8-13,18,31,34H,3,6-7,14H2,1-2H3,(H2,28,32)(H,35,36)/t18-/m0/s1. The second kappa shape index (κ2) is 9.90. The van der Waals surface area contributed by atoms with Gasteiger partial charge in [0.2, 0.25) is 0 Å². The molecule has 5 rings (SSSR count). The van der Waals surface area contributed by atoms with Gasteiger partial charge in [-0.2, -0.15) is 5.10 Å². The number of aliphatic imine (C=N–C) groups is 1. The number of anilines is 1. The Labute approximate surface area is 213 Å². The van der Waals surface area contributed by atoms with Crippen LogP contribution in [0.5, 0.6) is 5.75 Å². The molecule has 0 aliphatic carbocycles. The van der Waals surface area contributed by atoms with Crippen LogP contribution in [-0.2, 0) is 11.2 Å². The molecule has 190 valence electrons. The summed E-state index contributed by atoms with van der Waals surface area (Å²) in [5.41, 5.74) is 12.8. The number of nitrogens with two attached hydrogens (primary N) is 1. The van der Waals surface area contributed by atoms with E-state index in [1.54, 1.807) is 41.2 Å². The molecular formula is C27H28N6O4. The lowest BCUT2D eigenvalue weighted by Gasteiger charge is -2.17. The van der Waals surface area contributed by atoms with Crippen molar-refractivity contribution in [2.24, 2.45) is 10.7 Å². The molecule has 0 spiro atoms. The summed E-state index contributed by atoms with van der Waals surface area (Å²) in [6.45, 7) is 5.11. The predicted octanol–water partition coefficient (Wildman–Crippen LogP) is 3.91. The molecule has 5 N–H and O–H groups in total. The van der Waals surface area contributed by atoms with Crippen LogP contribution in [0.15, 0.2) is 53.9 Å². The summed E-state index contributed by atoms with van der Waals surface area (Å²) in [5, 5.41) is 27.3. The third kappa shape index (κ3) is 4.83. The molecule has 1 saturated heterocycles. The Morgan fingerprint density at radius 2 is 2.14 bits per heavy atom. The van der Waals surface area contributed by atoms with Crippen molar-refractivity contribution in [3.63, 3.8) is 0 Å². The number of nitrogens with zero attached hydrogens (tertiary/aromatic N) is 4. The number of carboxylic acid groups (broad SMARTS) is 1. The van der Waals surface area contributed by atoms with Crippen LogP contribution in [0.2, 0.25) is 0 Å². The Balaban J connectivity index is 1.62. The molecule has 1 aromatic carbocycles. The molecule has 1 atom stereocenters. The lowest BCUT2D eigenvalue weighted by Crippen LogP contribution is -2.24. The number of ether oxygens (including phenoxy) is 1. The number of hydrogen-bond donors (Lipinski definition) is 4. The van der Waals surface area contributed by atoms with Gasteiger partial charge < -0.3 is 26.0 Å². The van der Waals surface area contributed by atoms with Crippen molar-refractivity contribution in [2.45, 2.75) is 32.7 Å². The normalized spacial score (nSPS) is 15.8. The van der Waals surface area contributed by atoms with Gasteiger partial charge in [-0.1, -0.05) is 6.92 Å². The summed E-state index contributed by atoms with van der Waals surface area (Å²) >= 11 is 0. The van der Waals surface area contributed by atoms with E-state index < -0.39 is 5.97 Å². The molecule has 1 aliphatic rings. The van der Waals surface area contributed by atoms with E-state index in [1.165, 1.54) is 0 Å². The van der Waals surface area contributed by atoms with E-state index in [2.05, 4.69) is 20.4 Å². The maximum atomic E-state index is 11.3. The molecule has 1 fully saturated rings. The summed E-state index contributed by atoms with van der Waals surface area (Å²) in [4.78, 5) is 20.1. The number of phenols is 1. The average molecular weight is 501 g/mol. The molecule has 1 aliphatic heterocycles. The van der Waals surface area contributed by atoms with Crippen molar-refractivity contribution in [1.29, 1.82) is 0 Å². The third-order valence-corrected chi connectivity index (χ3v) is 6.52. The summed E-state index contributed by atoms with van der Waals surface area (Å²) in [6, 6.07) is 8.67. The lowest BCUT2D eigenvalue weighted by atomic mass is 10.0. The number of aromatic hydroxyl groups is 1. The van der Waals surface area contributed by atoms with E-state index in [9.17, 15) is 15.0 Å². The van der Waals surface area contributed by atoms with E-state index in [1.807, 2.05) is 26.1 Å². The Hall–Kier alpha value is -4.44. The highest BCUT2D eigenvalue weighted by Gasteiger charge is 2.22. The van der Waals surface area contributed by atoms with E-state index in [-0.39, 0.29) is 17.5 Å². The van der Waals surface area contributed by atoms with E-state index in [0.717, 1.165) is 39.9 Å². The quantitative estimate of drug-likeness (QED) is 0.221. The zero-order valence-electron chi connectivity index (χ0n) is 20.6. The molecule has 0 unspecified atom stereocenters. The van der Waals surface area contributed by atoms with Crippen molar-refractivity contribution in [1.82, 2.24) is 14.6 Å². The van der Waals surface area contributed by atoms with Crippen molar-refractivity contribution in [2.75, 3.05) is 18.5 Å². The summed E-state index contributed by atoms with van der Waals surface area (Å²) in [5.74, 6) is -0.589. The van der Waals surface area contributed by atoms with Crippen LogP contribution in [0.3, 0.4) is 0 Å². The highest BCUT2D eigenvalue weighted by Crippen LogP contribution is 2.32. The van der Waals surface area contributed by atoms with Crippen LogP contribution in [0.4, 0.5) is 11.4 Å². The van der Waals surface area contributed by atoms with Crippen LogP contribution in [0, 0.1) is 6.92 Å². The lowest BCUT2D eigenvalue weighted by molar-refractivity contribution is 0.0690. The van der Waals surface area contributed by atoms with Gasteiger partial charge in [0.05, 0.1) is 41.3 Å². The first-order valence-electron chi connectivity index (χ1n) is 12.1. The van der Waals surface area contributed by atoms with Crippen molar-refractivity contribution in [3.8, 4) is 16.9 Å². The highest BCUT2D eigenvalue weighted by atomic mass is 16.5. The van der Waals surface area contributed by atoms with Crippen LogP contribution < -0.4 is 11.1 Å². The number of pyridine rings is 1. The fraction of sp³-hybridized carbons (Fsp3) is 0.259. The topological polar surface area (TPSA) is 147 Å². The summed E-state index contributed by atoms with van der Waals surface area (Å²) in [6.07, 6.45) is 6.68. The zero-order chi connectivity index (χ0) is 26.1. The zero-order valence-corrected chi connectivity index (χ0v) is 20.6. The van der Waals surface area contributed by atoms with Gasteiger partial charge in [-0.25, -0.2) is 19.3 Å². The molecule has 10 nitrogen and oxygen atoms in total.